The first-order valence-electron chi connectivity index (χ1n) is 16.0. The summed E-state index contributed by atoms with van der Waals surface area (Å²) in [6.07, 6.45) is 8.19. The van der Waals surface area contributed by atoms with E-state index in [2.05, 4.69) is 14.6 Å². The van der Waals surface area contributed by atoms with Gasteiger partial charge in [-0.25, -0.2) is 27.6 Å². The zero-order valence-electron chi connectivity index (χ0n) is 30.3. The van der Waals surface area contributed by atoms with Crippen LogP contribution in [-0.4, -0.2) is 50.7 Å². The maximum atomic E-state index is 15.8. The number of allylic oxidation sites excluding steroid dienone is 2. The molecule has 0 aliphatic carbocycles. The van der Waals surface area contributed by atoms with Gasteiger partial charge in [0.2, 0.25) is 0 Å². The standard InChI is InChI=1S/C36H34F3N4O8PS.2Na/c1-23-7-9-27(17-50-52(45,46)47)30(13-23)35(44)51-36(20-43-22-41-21-42-43,31-12-11-28(37)15-33(31)39)24(2)53-29-18-48-34(49-19-29)6-4-3-5-26-10-8-25(16-40)14-32(26)38;;/h3-15,21-22,24,29,34H,17-20H2,1-2H3,(H2,45,46,47);;/q;2*+1/p-2/b5-3+,6-4+;;/t24-,29-,34-,36-;;/m1../s1. The Labute approximate surface area is 363 Å². The van der Waals surface area contributed by atoms with Crippen LogP contribution in [0.2, 0.25) is 0 Å². The van der Waals surface area contributed by atoms with Crippen molar-refractivity contribution >= 4 is 31.6 Å². The van der Waals surface area contributed by atoms with E-state index in [4.69, 9.17) is 19.5 Å². The Bertz CT molecular complexity index is 2080. The van der Waals surface area contributed by atoms with Crippen molar-refractivity contribution in [2.75, 3.05) is 13.2 Å². The minimum atomic E-state index is -5.41. The molecule has 0 amide bonds. The van der Waals surface area contributed by atoms with Crippen molar-refractivity contribution in [2.24, 2.45) is 0 Å². The predicted molar refractivity (Wildman–Crippen MR) is 183 cm³/mol. The van der Waals surface area contributed by atoms with Crippen molar-refractivity contribution in [2.45, 2.75) is 49.4 Å². The number of aryl methyl sites for hydroxylation is 1. The van der Waals surface area contributed by atoms with Gasteiger partial charge in [-0.1, -0.05) is 42.0 Å². The Morgan fingerprint density at radius 3 is 2.49 bits per heavy atom. The normalized spacial score (nSPS) is 17.5. The van der Waals surface area contributed by atoms with E-state index in [1.807, 2.05) is 6.07 Å². The van der Waals surface area contributed by atoms with Crippen molar-refractivity contribution < 1.29 is 110 Å². The average Bonchev–Trinajstić information content (AvgIpc) is 3.63. The van der Waals surface area contributed by atoms with Crippen LogP contribution in [0.1, 0.15) is 45.1 Å². The number of thioether (sulfide) groups is 1. The number of nitriles is 1. The van der Waals surface area contributed by atoms with Gasteiger partial charge in [0.15, 0.2) is 11.9 Å². The molecule has 1 fully saturated rings. The molecule has 0 spiro atoms. The molecule has 19 heteroatoms. The van der Waals surface area contributed by atoms with Gasteiger partial charge in [0.1, 0.15) is 30.1 Å². The number of ether oxygens (including phenoxy) is 3. The Morgan fingerprint density at radius 1 is 1.11 bits per heavy atom. The van der Waals surface area contributed by atoms with Crippen LogP contribution in [0.3, 0.4) is 0 Å². The maximum absolute atomic E-state index is 15.8. The van der Waals surface area contributed by atoms with Gasteiger partial charge in [-0.2, -0.15) is 10.4 Å². The summed E-state index contributed by atoms with van der Waals surface area (Å²) >= 11 is 1.25. The second-order valence-electron chi connectivity index (χ2n) is 11.9. The van der Waals surface area contributed by atoms with Gasteiger partial charge in [-0.05, 0) is 55.8 Å². The van der Waals surface area contributed by atoms with Crippen LogP contribution in [0.15, 0.2) is 85.5 Å². The fourth-order valence-electron chi connectivity index (χ4n) is 5.50. The van der Waals surface area contributed by atoms with Gasteiger partial charge in [-0.3, -0.25) is 0 Å². The molecule has 0 N–H and O–H groups in total. The van der Waals surface area contributed by atoms with E-state index in [9.17, 15) is 27.9 Å². The topological polar surface area (TPSA) is 172 Å². The minimum Gasteiger partial charge on any atom is -0.790 e. The van der Waals surface area contributed by atoms with E-state index in [0.717, 1.165) is 12.1 Å². The number of rotatable bonds is 14. The molecule has 0 bridgehead atoms. The molecule has 1 aliphatic heterocycles. The zero-order chi connectivity index (χ0) is 38.2. The molecule has 55 heavy (non-hydrogen) atoms. The summed E-state index contributed by atoms with van der Waals surface area (Å²) in [5.41, 5.74) is -1.12. The second-order valence-corrected chi connectivity index (χ2v) is 14.7. The number of hydrogen-bond acceptors (Lipinski definition) is 12. The molecule has 1 saturated heterocycles. The van der Waals surface area contributed by atoms with Gasteiger partial charge in [0.25, 0.3) is 0 Å². The Balaban J connectivity index is 0.00000406. The molecule has 1 aromatic heterocycles. The summed E-state index contributed by atoms with van der Waals surface area (Å²) < 4.78 is 79.3. The number of nitrogens with zero attached hydrogens (tertiary/aromatic N) is 4. The van der Waals surface area contributed by atoms with E-state index in [1.54, 1.807) is 38.1 Å². The third-order valence-corrected chi connectivity index (χ3v) is 10.0. The van der Waals surface area contributed by atoms with Crippen LogP contribution < -0.4 is 68.9 Å². The fourth-order valence-corrected chi connectivity index (χ4v) is 7.16. The monoisotopic (exact) mass is 814 g/mol. The molecule has 4 aromatic rings. The number of benzene rings is 3. The van der Waals surface area contributed by atoms with Gasteiger partial charge < -0.3 is 33.1 Å². The van der Waals surface area contributed by atoms with E-state index in [0.29, 0.717) is 17.2 Å². The molecule has 278 valence electrons. The summed E-state index contributed by atoms with van der Waals surface area (Å²) in [4.78, 5) is 40.6. The van der Waals surface area contributed by atoms with Gasteiger partial charge in [0, 0.05) is 22.4 Å². The Kier molecular flexibility index (Phi) is 18.1. The number of phosphoric acid groups is 1. The smallest absolute Gasteiger partial charge is 0.790 e. The largest absolute Gasteiger partial charge is 1.00 e. The van der Waals surface area contributed by atoms with Crippen LogP contribution in [-0.2, 0) is 42.1 Å². The van der Waals surface area contributed by atoms with Crippen molar-refractivity contribution in [3.8, 4) is 6.07 Å². The Morgan fingerprint density at radius 2 is 1.85 bits per heavy atom. The van der Waals surface area contributed by atoms with Gasteiger partial charge in [0.05, 0.1) is 56.6 Å². The van der Waals surface area contributed by atoms with Crippen molar-refractivity contribution in [1.82, 2.24) is 14.8 Å². The molecule has 12 nitrogen and oxygen atoms in total. The number of esters is 1. The van der Waals surface area contributed by atoms with Crippen LogP contribution in [0.4, 0.5) is 13.2 Å². The SMILES string of the molecule is Cc1ccc(COP(=O)([O-])[O-])c(C(=O)O[C@@](Cn2cncn2)(c2ccc(F)cc2F)[C@@H](C)S[C@H]2CO[C@H](/C=C/C=C/c3ccc(C#N)cc3F)OC2)c1.[Na+].[Na+]. The summed E-state index contributed by atoms with van der Waals surface area (Å²) in [5.74, 6) is -3.42. The van der Waals surface area contributed by atoms with Crippen LogP contribution in [0.5, 0.6) is 0 Å². The summed E-state index contributed by atoms with van der Waals surface area (Å²) in [6, 6.07) is 13.3. The van der Waals surface area contributed by atoms with E-state index in [-0.39, 0.29) is 106 Å². The summed E-state index contributed by atoms with van der Waals surface area (Å²) in [7, 11) is -5.41. The summed E-state index contributed by atoms with van der Waals surface area (Å²) in [6.45, 7) is 2.62. The van der Waals surface area contributed by atoms with E-state index in [1.165, 1.54) is 65.5 Å². The first kappa shape index (κ1) is 46.8. The van der Waals surface area contributed by atoms with Crippen molar-refractivity contribution in [3.63, 3.8) is 0 Å². The molecule has 0 unspecified atom stereocenters. The fraction of sp³-hybridized carbons (Fsp3) is 0.278. The molecule has 3 aromatic carbocycles. The number of carbonyl (C=O) groups is 1. The first-order chi connectivity index (χ1) is 25.3. The third kappa shape index (κ3) is 13.0. The molecule has 2 atom stereocenters. The molecule has 1 aliphatic rings. The first-order valence-corrected chi connectivity index (χ1v) is 18.4. The molecule has 0 radical (unpaired) electrons. The molecule has 0 saturated carbocycles. The number of halogens is 3. The molecular formula is C36H32F3N4Na2O8PS. The van der Waals surface area contributed by atoms with Crippen LogP contribution >= 0.6 is 19.6 Å². The minimum absolute atomic E-state index is 0. The number of carbonyl (C=O) groups excluding carboxylic acids is 1. The van der Waals surface area contributed by atoms with E-state index >= 15 is 4.39 Å². The molecule has 5 rings (SSSR count). The second kappa shape index (κ2) is 21.2. The van der Waals surface area contributed by atoms with Gasteiger partial charge >= 0.3 is 65.1 Å². The van der Waals surface area contributed by atoms with E-state index < -0.39 is 55.0 Å². The van der Waals surface area contributed by atoms with Gasteiger partial charge in [-0.15, -0.1) is 11.8 Å². The number of hydrogen-bond donors (Lipinski definition) is 0. The molecule has 2 heterocycles. The maximum Gasteiger partial charge on any atom is 1.00 e. The predicted octanol–water partition coefficient (Wildman–Crippen LogP) is -0.886. The quantitative estimate of drug-likeness (QED) is 0.0668. The number of phosphoric ester groups is 1. The van der Waals surface area contributed by atoms with Crippen molar-refractivity contribution in [1.29, 1.82) is 5.26 Å². The zero-order valence-corrected chi connectivity index (χ0v) is 36.0. The third-order valence-electron chi connectivity index (χ3n) is 8.12. The van der Waals surface area contributed by atoms with Crippen molar-refractivity contribution in [3.05, 3.63) is 136 Å². The molecular weight excluding hydrogens is 782 g/mol. The number of aromatic nitrogens is 3. The van der Waals surface area contributed by atoms with Crippen LogP contribution in [0.25, 0.3) is 6.08 Å². The average molecular weight is 815 g/mol. The van der Waals surface area contributed by atoms with Crippen LogP contribution in [0, 0.1) is 35.7 Å². The summed E-state index contributed by atoms with van der Waals surface area (Å²) in [5, 5.41) is 11.9. The Hall–Kier alpha value is -2.59.